The topological polar surface area (TPSA) is 41.6 Å². The number of hydrogen-bond donors (Lipinski definition) is 1. The van der Waals surface area contributed by atoms with Crippen molar-refractivity contribution in [2.24, 2.45) is 11.8 Å². The van der Waals surface area contributed by atoms with Gasteiger partial charge >= 0.3 is 0 Å². The molecule has 0 saturated carbocycles. The van der Waals surface area contributed by atoms with Gasteiger partial charge in [0.15, 0.2) is 0 Å². The van der Waals surface area contributed by atoms with Crippen LogP contribution >= 0.6 is 11.6 Å². The fourth-order valence-corrected chi connectivity index (χ4v) is 4.40. The van der Waals surface area contributed by atoms with E-state index in [0.29, 0.717) is 28.2 Å². The predicted octanol–water partition coefficient (Wildman–Crippen LogP) is 3.38. The molecule has 130 valence electrons. The van der Waals surface area contributed by atoms with Crippen molar-refractivity contribution >= 4 is 17.5 Å². The van der Waals surface area contributed by atoms with Crippen molar-refractivity contribution < 1.29 is 9.53 Å². The van der Waals surface area contributed by atoms with E-state index in [-0.39, 0.29) is 11.9 Å². The molecule has 1 N–H and O–H groups in total. The standard InChI is InChI=1S/C20H21ClN2O2/c1-25-17-8-14(7-16(21)9-17)20(24)23-12-15-10-22-11-18(15)19(23)13-5-3-2-4-6-13/h2-9,15,18-19,22H,10-12H2,1H3/t15-,18-,19-/m0/s1. The number of nitrogens with zero attached hydrogens (tertiary/aromatic N) is 1. The Bertz CT molecular complexity index is 781. The van der Waals surface area contributed by atoms with Crippen molar-refractivity contribution in [2.75, 3.05) is 26.7 Å². The molecule has 1 amide bonds. The quantitative estimate of drug-likeness (QED) is 0.916. The first kappa shape index (κ1) is 16.4. The molecule has 4 rings (SSSR count). The summed E-state index contributed by atoms with van der Waals surface area (Å²) in [6.07, 6.45) is 0. The average molecular weight is 357 g/mol. The molecule has 2 saturated heterocycles. The molecule has 2 aromatic rings. The van der Waals surface area contributed by atoms with E-state index in [1.165, 1.54) is 5.56 Å². The largest absolute Gasteiger partial charge is 0.497 e. The zero-order valence-electron chi connectivity index (χ0n) is 14.1. The number of carbonyl (C=O) groups is 1. The lowest BCUT2D eigenvalue weighted by Gasteiger charge is -2.28. The van der Waals surface area contributed by atoms with Gasteiger partial charge in [-0.2, -0.15) is 0 Å². The Balaban J connectivity index is 1.70. The molecule has 0 radical (unpaired) electrons. The number of halogens is 1. The molecule has 2 aromatic carbocycles. The number of rotatable bonds is 3. The van der Waals surface area contributed by atoms with E-state index in [9.17, 15) is 4.79 Å². The fourth-order valence-electron chi connectivity index (χ4n) is 4.18. The Morgan fingerprint density at radius 3 is 2.76 bits per heavy atom. The Hall–Kier alpha value is -2.04. The van der Waals surface area contributed by atoms with Gasteiger partial charge in [0.05, 0.1) is 13.2 Å². The van der Waals surface area contributed by atoms with Gasteiger partial charge in [-0.25, -0.2) is 0 Å². The second-order valence-corrected chi connectivity index (χ2v) is 7.21. The van der Waals surface area contributed by atoms with Crippen molar-refractivity contribution in [3.8, 4) is 5.75 Å². The third kappa shape index (κ3) is 3.00. The maximum Gasteiger partial charge on any atom is 0.254 e. The van der Waals surface area contributed by atoms with Crippen LogP contribution in [0, 0.1) is 11.8 Å². The summed E-state index contributed by atoms with van der Waals surface area (Å²) in [4.78, 5) is 15.3. The molecule has 2 heterocycles. The van der Waals surface area contributed by atoms with Gasteiger partial charge in [0, 0.05) is 36.1 Å². The van der Waals surface area contributed by atoms with Crippen molar-refractivity contribution in [1.82, 2.24) is 10.2 Å². The van der Waals surface area contributed by atoms with Crippen LogP contribution in [0.4, 0.5) is 0 Å². The first-order chi connectivity index (χ1) is 12.2. The van der Waals surface area contributed by atoms with Gasteiger partial charge in [-0.05, 0) is 29.7 Å². The van der Waals surface area contributed by atoms with Gasteiger partial charge < -0.3 is 15.0 Å². The highest BCUT2D eigenvalue weighted by molar-refractivity contribution is 6.31. The van der Waals surface area contributed by atoms with Gasteiger partial charge in [-0.15, -0.1) is 0 Å². The molecule has 0 unspecified atom stereocenters. The van der Waals surface area contributed by atoms with Crippen LogP contribution in [0.15, 0.2) is 48.5 Å². The van der Waals surface area contributed by atoms with E-state index >= 15 is 0 Å². The third-order valence-corrected chi connectivity index (χ3v) is 5.54. The lowest BCUT2D eigenvalue weighted by atomic mass is 9.89. The van der Waals surface area contributed by atoms with Gasteiger partial charge in [0.1, 0.15) is 5.75 Å². The first-order valence-corrected chi connectivity index (χ1v) is 8.96. The highest BCUT2D eigenvalue weighted by atomic mass is 35.5. The van der Waals surface area contributed by atoms with Gasteiger partial charge in [-0.3, -0.25) is 4.79 Å². The van der Waals surface area contributed by atoms with Crippen LogP contribution in [0.25, 0.3) is 0 Å². The smallest absolute Gasteiger partial charge is 0.254 e. The van der Waals surface area contributed by atoms with E-state index in [1.807, 2.05) is 23.1 Å². The number of fused-ring (bicyclic) bond motifs is 1. The number of amides is 1. The highest BCUT2D eigenvalue weighted by Crippen LogP contribution is 2.43. The molecule has 3 atom stereocenters. The Morgan fingerprint density at radius 1 is 1.20 bits per heavy atom. The number of carbonyl (C=O) groups excluding carboxylic acids is 1. The summed E-state index contributed by atoms with van der Waals surface area (Å²) in [5.41, 5.74) is 1.78. The minimum atomic E-state index is 0.0176. The van der Waals surface area contributed by atoms with E-state index in [1.54, 1.807) is 25.3 Å². The monoisotopic (exact) mass is 356 g/mol. The van der Waals surface area contributed by atoms with E-state index < -0.39 is 0 Å². The van der Waals surface area contributed by atoms with Crippen molar-refractivity contribution in [2.45, 2.75) is 6.04 Å². The molecule has 25 heavy (non-hydrogen) atoms. The van der Waals surface area contributed by atoms with Crippen LogP contribution in [-0.2, 0) is 0 Å². The normalized spacial score (nSPS) is 25.0. The molecule has 0 bridgehead atoms. The molecular formula is C20H21ClN2O2. The number of benzene rings is 2. The van der Waals surface area contributed by atoms with Crippen LogP contribution in [0.2, 0.25) is 5.02 Å². The highest BCUT2D eigenvalue weighted by Gasteiger charge is 2.46. The van der Waals surface area contributed by atoms with Gasteiger partial charge in [0.25, 0.3) is 5.91 Å². The van der Waals surface area contributed by atoms with Crippen LogP contribution in [0.1, 0.15) is 22.0 Å². The molecule has 0 aromatic heterocycles. The molecule has 0 aliphatic carbocycles. The van der Waals surface area contributed by atoms with Crippen LogP contribution < -0.4 is 10.1 Å². The lowest BCUT2D eigenvalue weighted by Crippen LogP contribution is -2.34. The van der Waals surface area contributed by atoms with Gasteiger partial charge in [0.2, 0.25) is 0 Å². The SMILES string of the molecule is COc1cc(Cl)cc(C(=O)N2C[C@@H]3CNC[C@@H]3[C@@H]2c2ccccc2)c1. The van der Waals surface area contributed by atoms with Crippen LogP contribution in [0.5, 0.6) is 5.75 Å². The van der Waals surface area contributed by atoms with Crippen LogP contribution in [0.3, 0.4) is 0 Å². The number of hydrogen-bond acceptors (Lipinski definition) is 3. The fraction of sp³-hybridized carbons (Fsp3) is 0.350. The summed E-state index contributed by atoms with van der Waals surface area (Å²) < 4.78 is 5.27. The maximum atomic E-state index is 13.3. The van der Waals surface area contributed by atoms with Crippen molar-refractivity contribution in [3.63, 3.8) is 0 Å². The molecule has 4 nitrogen and oxygen atoms in total. The summed E-state index contributed by atoms with van der Waals surface area (Å²) in [5.74, 6) is 1.57. The zero-order chi connectivity index (χ0) is 17.4. The molecule has 5 heteroatoms. The third-order valence-electron chi connectivity index (χ3n) is 5.32. The summed E-state index contributed by atoms with van der Waals surface area (Å²) in [6, 6.07) is 15.6. The molecular weight excluding hydrogens is 336 g/mol. The second kappa shape index (κ2) is 6.70. The Kier molecular flexibility index (Phi) is 4.40. The van der Waals surface area contributed by atoms with E-state index in [2.05, 4.69) is 17.4 Å². The number of nitrogens with one attached hydrogen (secondary N) is 1. The molecule has 2 aliphatic rings. The lowest BCUT2D eigenvalue weighted by molar-refractivity contribution is 0.0713. The van der Waals surface area contributed by atoms with Crippen molar-refractivity contribution in [1.29, 1.82) is 0 Å². The van der Waals surface area contributed by atoms with Crippen LogP contribution in [-0.4, -0.2) is 37.6 Å². The minimum Gasteiger partial charge on any atom is -0.497 e. The number of likely N-dealkylation sites (tertiary alicyclic amines) is 1. The van der Waals surface area contributed by atoms with Crippen molar-refractivity contribution in [3.05, 3.63) is 64.7 Å². The predicted molar refractivity (Wildman–Crippen MR) is 98.1 cm³/mol. The minimum absolute atomic E-state index is 0.0176. The number of ether oxygens (including phenoxy) is 1. The summed E-state index contributed by atoms with van der Waals surface area (Å²) in [5, 5.41) is 3.99. The molecule has 2 aliphatic heterocycles. The zero-order valence-corrected chi connectivity index (χ0v) is 14.9. The summed E-state index contributed by atoms with van der Waals surface area (Å²) in [7, 11) is 1.58. The summed E-state index contributed by atoms with van der Waals surface area (Å²) in [6.45, 7) is 2.69. The van der Waals surface area contributed by atoms with E-state index in [4.69, 9.17) is 16.3 Å². The molecule has 0 spiro atoms. The Morgan fingerprint density at radius 2 is 2.00 bits per heavy atom. The second-order valence-electron chi connectivity index (χ2n) is 6.77. The Labute approximate surface area is 152 Å². The number of methoxy groups -OCH3 is 1. The van der Waals surface area contributed by atoms with Gasteiger partial charge in [-0.1, -0.05) is 41.9 Å². The maximum absolute atomic E-state index is 13.3. The average Bonchev–Trinajstić information content (AvgIpc) is 3.22. The first-order valence-electron chi connectivity index (χ1n) is 8.58. The molecule has 2 fully saturated rings. The summed E-state index contributed by atoms with van der Waals surface area (Å²) >= 11 is 6.17. The van der Waals surface area contributed by atoms with E-state index in [0.717, 1.165) is 19.6 Å².